The van der Waals surface area contributed by atoms with Gasteiger partial charge in [-0.1, -0.05) is 17.7 Å². The Morgan fingerprint density at radius 3 is 2.50 bits per heavy atom. The Balaban J connectivity index is 1.76. The second-order valence-electron chi connectivity index (χ2n) is 7.24. The third-order valence-corrected chi connectivity index (χ3v) is 5.60. The van der Waals surface area contributed by atoms with Crippen LogP contribution in [0.5, 0.6) is 11.5 Å². The van der Waals surface area contributed by atoms with E-state index < -0.39 is 17.6 Å². The first-order valence-electron chi connectivity index (χ1n) is 10.6. The van der Waals surface area contributed by atoms with Crippen LogP contribution in [0.2, 0.25) is 5.02 Å². The van der Waals surface area contributed by atoms with Crippen molar-refractivity contribution in [2.45, 2.75) is 6.92 Å². The summed E-state index contributed by atoms with van der Waals surface area (Å²) >= 11 is 7.96. The van der Waals surface area contributed by atoms with Gasteiger partial charge in [0.15, 0.2) is 18.1 Å². The number of ether oxygens (including phenoxy) is 2. The van der Waals surface area contributed by atoms with Gasteiger partial charge in [-0.2, -0.15) is 5.26 Å². The van der Waals surface area contributed by atoms with Crippen LogP contribution in [0.25, 0.3) is 6.08 Å². The zero-order valence-electron chi connectivity index (χ0n) is 19.0. The fourth-order valence-electron chi connectivity index (χ4n) is 3.02. The van der Waals surface area contributed by atoms with Gasteiger partial charge in [0.05, 0.1) is 10.2 Å². The summed E-state index contributed by atoms with van der Waals surface area (Å²) in [6, 6.07) is 17.2. The largest absolute Gasteiger partial charge is 0.490 e. The number of rotatable bonds is 9. The van der Waals surface area contributed by atoms with E-state index in [4.69, 9.17) is 21.1 Å². The second-order valence-corrected chi connectivity index (χ2v) is 8.84. The number of carbonyl (C=O) groups excluding carboxylic acids is 2. The monoisotopic (exact) mass is 619 g/mol. The number of nitriles is 1. The van der Waals surface area contributed by atoms with Crippen LogP contribution in [0.4, 0.5) is 15.8 Å². The molecule has 36 heavy (non-hydrogen) atoms. The maximum Gasteiger partial charge on any atom is 0.266 e. The van der Waals surface area contributed by atoms with E-state index in [2.05, 4.69) is 10.6 Å². The van der Waals surface area contributed by atoms with Gasteiger partial charge in [0.2, 0.25) is 0 Å². The minimum Gasteiger partial charge on any atom is -0.490 e. The number of amides is 2. The lowest BCUT2D eigenvalue weighted by Crippen LogP contribution is -2.20. The number of nitrogens with one attached hydrogen (secondary N) is 2. The molecule has 7 nitrogen and oxygen atoms in total. The highest BCUT2D eigenvalue weighted by molar-refractivity contribution is 14.1. The number of carbonyl (C=O) groups is 2. The highest BCUT2D eigenvalue weighted by atomic mass is 127. The van der Waals surface area contributed by atoms with E-state index in [0.717, 1.165) is 0 Å². The summed E-state index contributed by atoms with van der Waals surface area (Å²) in [5.74, 6) is -0.752. The summed E-state index contributed by atoms with van der Waals surface area (Å²) in [5, 5.41) is 15.2. The molecule has 184 valence electrons. The molecule has 0 spiro atoms. The Hall–Kier alpha value is -3.62. The topological polar surface area (TPSA) is 100 Å². The van der Waals surface area contributed by atoms with E-state index in [-0.39, 0.29) is 12.2 Å². The summed E-state index contributed by atoms with van der Waals surface area (Å²) in [4.78, 5) is 24.9. The smallest absolute Gasteiger partial charge is 0.266 e. The molecule has 0 aliphatic carbocycles. The van der Waals surface area contributed by atoms with Crippen molar-refractivity contribution in [3.05, 3.63) is 86.2 Å². The number of hydrogen-bond acceptors (Lipinski definition) is 5. The average molecular weight is 620 g/mol. The maximum absolute atomic E-state index is 13.0. The van der Waals surface area contributed by atoms with E-state index in [1.165, 1.54) is 30.3 Å². The van der Waals surface area contributed by atoms with Gasteiger partial charge < -0.3 is 20.1 Å². The fraction of sp³-hybridized carbons (Fsp3) is 0.115. The van der Waals surface area contributed by atoms with Crippen LogP contribution in [0.1, 0.15) is 12.5 Å². The van der Waals surface area contributed by atoms with E-state index in [1.54, 1.807) is 43.3 Å². The van der Waals surface area contributed by atoms with Crippen LogP contribution in [-0.4, -0.2) is 25.0 Å². The van der Waals surface area contributed by atoms with Crippen molar-refractivity contribution in [3.8, 4) is 17.6 Å². The minimum atomic E-state index is -0.592. The molecule has 0 fully saturated rings. The van der Waals surface area contributed by atoms with Gasteiger partial charge in [-0.05, 0) is 95.8 Å². The molecule has 2 N–H and O–H groups in total. The summed E-state index contributed by atoms with van der Waals surface area (Å²) in [7, 11) is 0. The van der Waals surface area contributed by atoms with Crippen molar-refractivity contribution in [1.29, 1.82) is 5.26 Å². The zero-order chi connectivity index (χ0) is 26.1. The lowest BCUT2D eigenvalue weighted by molar-refractivity contribution is -0.118. The van der Waals surface area contributed by atoms with E-state index >= 15 is 0 Å². The first-order valence-corrected chi connectivity index (χ1v) is 12.1. The highest BCUT2D eigenvalue weighted by Gasteiger charge is 2.16. The molecule has 3 aromatic rings. The molecule has 3 aromatic carbocycles. The van der Waals surface area contributed by atoms with Crippen molar-refractivity contribution in [2.24, 2.45) is 0 Å². The number of nitrogens with zero attached hydrogens (tertiary/aromatic N) is 1. The molecule has 3 rings (SSSR count). The molecule has 0 saturated carbocycles. The minimum absolute atomic E-state index is 0.124. The molecule has 0 aromatic heterocycles. The SMILES string of the molecule is CCOc1cc(/C=C(/C#N)C(=O)Nc2cccc(Cl)c2)cc(I)c1OCC(=O)Nc1ccc(F)cc1. The molecule has 0 bridgehead atoms. The van der Waals surface area contributed by atoms with Crippen molar-refractivity contribution in [3.63, 3.8) is 0 Å². The third kappa shape index (κ3) is 7.69. The van der Waals surface area contributed by atoms with Gasteiger partial charge in [0.1, 0.15) is 17.5 Å². The Morgan fingerprint density at radius 2 is 1.83 bits per heavy atom. The Bertz CT molecular complexity index is 1340. The van der Waals surface area contributed by atoms with Crippen LogP contribution in [0.3, 0.4) is 0 Å². The van der Waals surface area contributed by atoms with Crippen molar-refractivity contribution in [2.75, 3.05) is 23.8 Å². The van der Waals surface area contributed by atoms with Gasteiger partial charge in [0.25, 0.3) is 11.8 Å². The molecule has 0 aliphatic rings. The van der Waals surface area contributed by atoms with Gasteiger partial charge >= 0.3 is 0 Å². The molecule has 0 saturated heterocycles. The standard InChI is InChI=1S/C26H20ClFIN3O4/c1-2-35-23-12-16(10-17(14-30)26(34)32-21-5-3-4-18(27)13-21)11-22(29)25(23)36-15-24(33)31-20-8-6-19(28)7-9-20/h3-13H,2,15H2,1H3,(H,31,33)(H,32,34)/b17-10-. The zero-order valence-corrected chi connectivity index (χ0v) is 21.9. The van der Waals surface area contributed by atoms with Crippen molar-refractivity contribution >= 4 is 63.5 Å². The first kappa shape index (κ1) is 27.0. The van der Waals surface area contributed by atoms with E-state index in [9.17, 15) is 19.2 Å². The molecule has 0 aliphatic heterocycles. The van der Waals surface area contributed by atoms with Gasteiger partial charge in [-0.25, -0.2) is 4.39 Å². The number of halogens is 3. The van der Waals surface area contributed by atoms with Crippen LogP contribution in [-0.2, 0) is 9.59 Å². The molecule has 0 unspecified atom stereocenters. The average Bonchev–Trinajstić information content (AvgIpc) is 2.83. The fourth-order valence-corrected chi connectivity index (χ4v) is 3.99. The highest BCUT2D eigenvalue weighted by Crippen LogP contribution is 2.35. The first-order chi connectivity index (χ1) is 17.3. The molecular weight excluding hydrogens is 600 g/mol. The third-order valence-electron chi connectivity index (χ3n) is 4.57. The lowest BCUT2D eigenvalue weighted by atomic mass is 10.1. The summed E-state index contributed by atoms with van der Waals surface area (Å²) in [5.41, 5.74) is 1.30. The predicted molar refractivity (Wildman–Crippen MR) is 145 cm³/mol. The Morgan fingerprint density at radius 1 is 1.08 bits per heavy atom. The van der Waals surface area contributed by atoms with Gasteiger partial charge in [-0.3, -0.25) is 9.59 Å². The van der Waals surface area contributed by atoms with E-state index in [1.807, 2.05) is 28.7 Å². The molecule has 0 atom stereocenters. The lowest BCUT2D eigenvalue weighted by Gasteiger charge is -2.15. The molecule has 0 heterocycles. The van der Waals surface area contributed by atoms with E-state index in [0.29, 0.717) is 43.6 Å². The van der Waals surface area contributed by atoms with Crippen LogP contribution < -0.4 is 20.1 Å². The molecular formula is C26H20ClFIN3O4. The molecule has 10 heteroatoms. The summed E-state index contributed by atoms with van der Waals surface area (Å²) < 4.78 is 25.0. The summed E-state index contributed by atoms with van der Waals surface area (Å²) in [6.07, 6.45) is 1.43. The number of hydrogen-bond donors (Lipinski definition) is 2. The quantitative estimate of drug-likeness (QED) is 0.173. The van der Waals surface area contributed by atoms with Crippen LogP contribution in [0.15, 0.2) is 66.2 Å². The number of anilines is 2. The van der Waals surface area contributed by atoms with Crippen molar-refractivity contribution in [1.82, 2.24) is 0 Å². The van der Waals surface area contributed by atoms with Crippen molar-refractivity contribution < 1.29 is 23.5 Å². The molecule has 0 radical (unpaired) electrons. The van der Waals surface area contributed by atoms with Crippen LogP contribution >= 0.6 is 34.2 Å². The maximum atomic E-state index is 13.0. The Kier molecular flexibility index (Phi) is 9.67. The number of benzene rings is 3. The normalized spacial score (nSPS) is 10.8. The Labute approximate surface area is 226 Å². The van der Waals surface area contributed by atoms with Gasteiger partial charge in [0, 0.05) is 16.4 Å². The molecule has 2 amide bonds. The summed E-state index contributed by atoms with van der Waals surface area (Å²) in [6.45, 7) is 1.80. The van der Waals surface area contributed by atoms with Gasteiger partial charge in [-0.15, -0.1) is 0 Å². The van der Waals surface area contributed by atoms with Crippen LogP contribution in [0, 0.1) is 20.7 Å². The second kappa shape index (κ2) is 12.9. The predicted octanol–water partition coefficient (Wildman–Crippen LogP) is 6.05.